The average molecular weight is 506 g/mol. The molecule has 0 bridgehead atoms. The van der Waals surface area contributed by atoms with Gasteiger partial charge in [-0.05, 0) is 26.3 Å². The minimum absolute atomic E-state index is 0.0336. The van der Waals surface area contributed by atoms with Crippen molar-refractivity contribution in [3.63, 3.8) is 0 Å². The van der Waals surface area contributed by atoms with Crippen LogP contribution in [0.3, 0.4) is 0 Å². The molecule has 0 saturated carbocycles. The highest BCUT2D eigenvalue weighted by Gasteiger charge is 2.41. The average Bonchev–Trinajstić information content (AvgIpc) is 2.76. The lowest BCUT2D eigenvalue weighted by Crippen LogP contribution is -2.62. The molecule has 2 rings (SSSR count). The van der Waals surface area contributed by atoms with Gasteiger partial charge in [-0.1, -0.05) is 11.6 Å². The normalized spacial score (nSPS) is 15.5. The van der Waals surface area contributed by atoms with Gasteiger partial charge in [0.05, 0.1) is 23.9 Å². The van der Waals surface area contributed by atoms with E-state index in [-0.39, 0.29) is 36.8 Å². The minimum atomic E-state index is -1.15. The number of hydrogen-bond acceptors (Lipinski definition) is 8. The van der Waals surface area contributed by atoms with Crippen molar-refractivity contribution in [1.82, 2.24) is 9.80 Å². The molecule has 1 fully saturated rings. The zero-order valence-electron chi connectivity index (χ0n) is 18.5. The SMILES string of the molecule is CCOC(=O)CCCOC(=O)C(C)Oc1cc(N2C(=O)N(C)C(S)N(C)C2=O)c(F)cc1Cl. The summed E-state index contributed by atoms with van der Waals surface area (Å²) < 4.78 is 30.0. The fourth-order valence-electron chi connectivity index (χ4n) is 2.82. The van der Waals surface area contributed by atoms with Gasteiger partial charge in [0.1, 0.15) is 11.6 Å². The van der Waals surface area contributed by atoms with Gasteiger partial charge in [-0.15, -0.1) is 12.6 Å². The van der Waals surface area contributed by atoms with E-state index in [4.69, 9.17) is 25.8 Å². The number of halogens is 2. The Kier molecular flexibility index (Phi) is 9.17. The first-order chi connectivity index (χ1) is 15.5. The van der Waals surface area contributed by atoms with Crippen molar-refractivity contribution in [2.75, 3.05) is 32.2 Å². The van der Waals surface area contributed by atoms with Crippen LogP contribution in [0.4, 0.5) is 19.7 Å². The first kappa shape index (κ1) is 26.5. The van der Waals surface area contributed by atoms with Crippen LogP contribution in [0.2, 0.25) is 5.02 Å². The molecule has 1 aliphatic rings. The third-order valence-corrected chi connectivity index (χ3v) is 5.62. The van der Waals surface area contributed by atoms with Crippen LogP contribution >= 0.6 is 24.2 Å². The summed E-state index contributed by atoms with van der Waals surface area (Å²) in [4.78, 5) is 51.6. The van der Waals surface area contributed by atoms with Crippen LogP contribution in [-0.2, 0) is 19.1 Å². The number of benzene rings is 1. The minimum Gasteiger partial charge on any atom is -0.477 e. The second kappa shape index (κ2) is 11.4. The summed E-state index contributed by atoms with van der Waals surface area (Å²) >= 11 is 10.2. The van der Waals surface area contributed by atoms with Gasteiger partial charge in [-0.2, -0.15) is 0 Å². The van der Waals surface area contributed by atoms with Crippen LogP contribution in [0.25, 0.3) is 0 Å². The van der Waals surface area contributed by atoms with Gasteiger partial charge in [-0.3, -0.25) is 14.6 Å². The molecule has 0 aromatic heterocycles. The van der Waals surface area contributed by atoms with E-state index >= 15 is 0 Å². The molecule has 1 aromatic rings. The number of ether oxygens (including phenoxy) is 3. The zero-order valence-corrected chi connectivity index (χ0v) is 20.2. The fraction of sp³-hybridized carbons (Fsp3) is 0.500. The van der Waals surface area contributed by atoms with Gasteiger partial charge in [0, 0.05) is 26.6 Å². The molecular formula is C20H25ClFN3O7S. The Balaban J connectivity index is 2.12. The van der Waals surface area contributed by atoms with E-state index in [1.165, 1.54) is 21.0 Å². The van der Waals surface area contributed by atoms with Crippen molar-refractivity contribution in [1.29, 1.82) is 0 Å². The molecule has 0 radical (unpaired) electrons. The molecule has 182 valence electrons. The fourth-order valence-corrected chi connectivity index (χ4v) is 3.21. The monoisotopic (exact) mass is 505 g/mol. The molecule has 13 heteroatoms. The van der Waals surface area contributed by atoms with Crippen LogP contribution in [0, 0.1) is 5.82 Å². The predicted octanol–water partition coefficient (Wildman–Crippen LogP) is 3.27. The van der Waals surface area contributed by atoms with Crippen LogP contribution in [0.1, 0.15) is 26.7 Å². The number of urea groups is 2. The van der Waals surface area contributed by atoms with E-state index in [0.717, 1.165) is 21.9 Å². The Hall–Kier alpha value is -2.73. The van der Waals surface area contributed by atoms with Crippen molar-refractivity contribution in [2.24, 2.45) is 0 Å². The summed E-state index contributed by atoms with van der Waals surface area (Å²) in [7, 11) is 2.81. The Labute approximate surface area is 200 Å². The third-order valence-electron chi connectivity index (χ3n) is 4.63. The van der Waals surface area contributed by atoms with Crippen molar-refractivity contribution < 1.29 is 37.8 Å². The number of amides is 4. The maximum absolute atomic E-state index is 14.7. The van der Waals surface area contributed by atoms with E-state index in [2.05, 4.69) is 12.6 Å². The molecule has 0 N–H and O–H groups in total. The van der Waals surface area contributed by atoms with Crippen molar-refractivity contribution in [3.05, 3.63) is 23.0 Å². The summed E-state index contributed by atoms with van der Waals surface area (Å²) in [5.74, 6) is -2.22. The van der Waals surface area contributed by atoms with E-state index in [9.17, 15) is 23.6 Å². The Bertz CT molecular complexity index is 913. The molecule has 1 unspecified atom stereocenters. The number of carbonyl (C=O) groups is 4. The van der Waals surface area contributed by atoms with Gasteiger partial charge in [0.25, 0.3) is 0 Å². The predicted molar refractivity (Wildman–Crippen MR) is 120 cm³/mol. The number of hydrogen-bond donors (Lipinski definition) is 1. The Morgan fingerprint density at radius 2 is 1.79 bits per heavy atom. The summed E-state index contributed by atoms with van der Waals surface area (Å²) in [6.45, 7) is 3.30. The quantitative estimate of drug-likeness (QED) is 0.312. The molecule has 4 amide bonds. The first-order valence-corrected chi connectivity index (χ1v) is 10.9. The highest BCUT2D eigenvalue weighted by atomic mass is 35.5. The molecule has 33 heavy (non-hydrogen) atoms. The number of thiol groups is 1. The van der Waals surface area contributed by atoms with E-state index in [1.807, 2.05) is 0 Å². The molecule has 1 atom stereocenters. The second-order valence-corrected chi connectivity index (χ2v) is 7.91. The number of anilines is 1. The van der Waals surface area contributed by atoms with Crippen molar-refractivity contribution in [2.45, 2.75) is 38.3 Å². The molecule has 10 nitrogen and oxygen atoms in total. The van der Waals surface area contributed by atoms with Gasteiger partial charge in [-0.25, -0.2) is 23.7 Å². The van der Waals surface area contributed by atoms with Gasteiger partial charge in [0.2, 0.25) is 0 Å². The third kappa shape index (κ3) is 6.20. The van der Waals surface area contributed by atoms with Crippen LogP contribution in [0.15, 0.2) is 12.1 Å². The lowest BCUT2D eigenvalue weighted by molar-refractivity contribution is -0.152. The maximum atomic E-state index is 14.7. The lowest BCUT2D eigenvalue weighted by atomic mass is 10.2. The van der Waals surface area contributed by atoms with Crippen LogP contribution in [-0.4, -0.2) is 72.7 Å². The molecule has 1 aliphatic heterocycles. The highest BCUT2D eigenvalue weighted by Crippen LogP contribution is 2.35. The molecule has 0 spiro atoms. The largest absolute Gasteiger partial charge is 0.477 e. The second-order valence-electron chi connectivity index (χ2n) is 7.04. The maximum Gasteiger partial charge on any atom is 0.347 e. The molecule has 0 aliphatic carbocycles. The van der Waals surface area contributed by atoms with E-state index < -0.39 is 47.1 Å². The lowest BCUT2D eigenvalue weighted by Gasteiger charge is -2.41. The standard InChI is InChI=1S/C20H25ClFN3O7S/c1-5-30-16(26)7-6-8-31-17(27)11(2)32-15-10-14(13(22)9-12(15)21)25-18(28)23(3)20(33)24(4)19(25)29/h9-11,20,33H,5-8H2,1-4H3. The molecule has 1 aromatic carbocycles. The topological polar surface area (TPSA) is 106 Å². The number of imide groups is 1. The van der Waals surface area contributed by atoms with Gasteiger partial charge >= 0.3 is 24.0 Å². The van der Waals surface area contributed by atoms with E-state index in [0.29, 0.717) is 4.90 Å². The number of rotatable bonds is 9. The molecular weight excluding hydrogens is 481 g/mol. The highest BCUT2D eigenvalue weighted by molar-refractivity contribution is 7.80. The molecule has 1 saturated heterocycles. The summed E-state index contributed by atoms with van der Waals surface area (Å²) in [6, 6.07) is 0.314. The number of esters is 2. The Morgan fingerprint density at radius 1 is 1.18 bits per heavy atom. The summed E-state index contributed by atoms with van der Waals surface area (Å²) in [5.41, 5.74) is -1.23. The van der Waals surface area contributed by atoms with Crippen LogP contribution in [0.5, 0.6) is 5.75 Å². The Morgan fingerprint density at radius 3 is 2.36 bits per heavy atom. The zero-order chi connectivity index (χ0) is 24.9. The molecule has 1 heterocycles. The summed E-state index contributed by atoms with van der Waals surface area (Å²) in [5, 5.41) is -0.177. The van der Waals surface area contributed by atoms with Gasteiger partial charge < -0.3 is 14.2 Å². The van der Waals surface area contributed by atoms with E-state index in [1.54, 1.807) is 6.92 Å². The smallest absolute Gasteiger partial charge is 0.347 e. The number of carbonyl (C=O) groups excluding carboxylic acids is 4. The first-order valence-electron chi connectivity index (χ1n) is 9.99. The van der Waals surface area contributed by atoms with Crippen LogP contribution < -0.4 is 9.64 Å². The van der Waals surface area contributed by atoms with Crippen molar-refractivity contribution >= 4 is 53.9 Å². The summed E-state index contributed by atoms with van der Waals surface area (Å²) in [6.07, 6.45) is -0.786. The van der Waals surface area contributed by atoms with Crippen molar-refractivity contribution in [3.8, 4) is 5.75 Å². The van der Waals surface area contributed by atoms with Gasteiger partial charge in [0.15, 0.2) is 11.6 Å². The number of nitrogens with zero attached hydrogens (tertiary/aromatic N) is 3.